The number of rotatable bonds is 3. The molecule has 116 valence electrons. The Morgan fingerprint density at radius 2 is 1.80 bits per heavy atom. The van der Waals surface area contributed by atoms with Crippen LogP contribution in [0.4, 0.5) is 4.79 Å². The number of nitrogens with one attached hydrogen (secondary N) is 1. The Kier molecular flexibility index (Phi) is 6.02. The van der Waals surface area contributed by atoms with Gasteiger partial charge in [0.15, 0.2) is 0 Å². The molecule has 2 unspecified atom stereocenters. The highest BCUT2D eigenvalue weighted by Gasteiger charge is 2.29. The van der Waals surface area contributed by atoms with E-state index < -0.39 is 0 Å². The number of amides is 2. The van der Waals surface area contributed by atoms with E-state index >= 15 is 0 Å². The average molecular weight is 299 g/mol. The van der Waals surface area contributed by atoms with Crippen LogP contribution in [0.5, 0.6) is 0 Å². The lowest BCUT2D eigenvalue weighted by Gasteiger charge is -2.38. The van der Waals surface area contributed by atoms with E-state index in [2.05, 4.69) is 11.6 Å². The zero-order chi connectivity index (χ0) is 14.5. The van der Waals surface area contributed by atoms with Gasteiger partial charge in [-0.05, 0) is 31.9 Å². The maximum Gasteiger partial charge on any atom is 0.319 e. The Hall–Kier alpha value is -0.420. The lowest BCUT2D eigenvalue weighted by Crippen LogP contribution is -2.52. The molecule has 2 amide bonds. The number of carbonyl (C=O) groups excluding carboxylic acids is 1. The van der Waals surface area contributed by atoms with E-state index in [4.69, 9.17) is 0 Å². The molecular formula is C15H29N3OS. The quantitative estimate of drug-likeness (QED) is 0.869. The van der Waals surface area contributed by atoms with E-state index in [0.717, 1.165) is 31.2 Å². The minimum absolute atomic E-state index is 0.156. The zero-order valence-corrected chi connectivity index (χ0v) is 13.9. The first-order chi connectivity index (χ1) is 9.61. The Morgan fingerprint density at radius 3 is 2.40 bits per heavy atom. The van der Waals surface area contributed by atoms with Gasteiger partial charge in [0.1, 0.15) is 0 Å². The van der Waals surface area contributed by atoms with Crippen molar-refractivity contribution in [3.8, 4) is 0 Å². The van der Waals surface area contributed by atoms with Gasteiger partial charge in [0.2, 0.25) is 0 Å². The number of hydrogen-bond donors (Lipinski definition) is 1. The third-order valence-corrected chi connectivity index (χ3v) is 5.77. The first-order valence-electron chi connectivity index (χ1n) is 7.87. The van der Waals surface area contributed by atoms with Gasteiger partial charge < -0.3 is 15.1 Å². The molecule has 1 aliphatic carbocycles. The van der Waals surface area contributed by atoms with Crippen LogP contribution in [0, 0.1) is 0 Å². The Labute approximate surface area is 127 Å². The molecule has 0 radical (unpaired) electrons. The van der Waals surface area contributed by atoms with Crippen LogP contribution in [0.3, 0.4) is 0 Å². The van der Waals surface area contributed by atoms with Gasteiger partial charge >= 0.3 is 6.03 Å². The Morgan fingerprint density at radius 1 is 1.15 bits per heavy atom. The highest BCUT2D eigenvalue weighted by Crippen LogP contribution is 2.28. The van der Waals surface area contributed by atoms with E-state index in [1.165, 1.54) is 25.7 Å². The number of nitrogens with zero attached hydrogens (tertiary/aromatic N) is 2. The SMILES string of the molecule is CSC1CCCCC1NC1CCN(C(=O)N(C)C)CC1. The van der Waals surface area contributed by atoms with E-state index in [1.54, 1.807) is 4.90 Å². The van der Waals surface area contributed by atoms with Gasteiger partial charge in [-0.15, -0.1) is 0 Å². The van der Waals surface area contributed by atoms with Crippen molar-refractivity contribution in [3.05, 3.63) is 0 Å². The molecule has 0 aromatic heterocycles. The van der Waals surface area contributed by atoms with Crippen molar-refractivity contribution in [2.24, 2.45) is 0 Å². The molecule has 1 saturated heterocycles. The molecule has 1 N–H and O–H groups in total. The fourth-order valence-electron chi connectivity index (χ4n) is 3.39. The second kappa shape index (κ2) is 7.55. The van der Waals surface area contributed by atoms with Crippen LogP contribution in [0.2, 0.25) is 0 Å². The first-order valence-corrected chi connectivity index (χ1v) is 9.15. The van der Waals surface area contributed by atoms with Crippen LogP contribution in [-0.4, -0.2) is 66.6 Å². The third kappa shape index (κ3) is 4.04. The number of carbonyl (C=O) groups is 1. The second-order valence-electron chi connectivity index (χ2n) is 6.27. The van der Waals surface area contributed by atoms with Crippen molar-refractivity contribution in [2.45, 2.75) is 55.9 Å². The largest absolute Gasteiger partial charge is 0.331 e. The summed E-state index contributed by atoms with van der Waals surface area (Å²) in [7, 11) is 3.66. The van der Waals surface area contributed by atoms with Crippen molar-refractivity contribution in [1.82, 2.24) is 15.1 Å². The highest BCUT2D eigenvalue weighted by atomic mass is 32.2. The predicted octanol–water partition coefficient (Wildman–Crippen LogP) is 2.40. The van der Waals surface area contributed by atoms with Gasteiger partial charge in [-0.3, -0.25) is 0 Å². The molecule has 2 aliphatic rings. The average Bonchev–Trinajstić information content (AvgIpc) is 2.48. The molecule has 1 heterocycles. The van der Waals surface area contributed by atoms with Gasteiger partial charge in [-0.25, -0.2) is 4.79 Å². The summed E-state index contributed by atoms with van der Waals surface area (Å²) >= 11 is 2.02. The number of piperidine rings is 1. The molecule has 0 aromatic rings. The van der Waals surface area contributed by atoms with Gasteiger partial charge in [0.25, 0.3) is 0 Å². The van der Waals surface area contributed by atoms with Gasteiger partial charge in [0.05, 0.1) is 0 Å². The number of urea groups is 1. The topological polar surface area (TPSA) is 35.6 Å². The van der Waals surface area contributed by atoms with Crippen LogP contribution in [0.1, 0.15) is 38.5 Å². The summed E-state index contributed by atoms with van der Waals surface area (Å²) in [6.07, 6.45) is 9.86. The summed E-state index contributed by atoms with van der Waals surface area (Å²) in [6, 6.07) is 1.43. The van der Waals surface area contributed by atoms with E-state index in [1.807, 2.05) is 30.8 Å². The summed E-state index contributed by atoms with van der Waals surface area (Å²) in [6.45, 7) is 1.79. The monoisotopic (exact) mass is 299 g/mol. The van der Waals surface area contributed by atoms with Crippen LogP contribution in [0.25, 0.3) is 0 Å². The van der Waals surface area contributed by atoms with Gasteiger partial charge in [-0.2, -0.15) is 11.8 Å². The Balaban J connectivity index is 1.77. The molecule has 0 aromatic carbocycles. The van der Waals surface area contributed by atoms with Gasteiger partial charge in [-0.1, -0.05) is 12.8 Å². The standard InChI is InChI=1S/C15H29N3OS/c1-17(2)15(19)18-10-8-12(9-11-18)16-13-6-4-5-7-14(13)20-3/h12-14,16H,4-11H2,1-3H3. The maximum absolute atomic E-state index is 11.9. The molecule has 2 atom stereocenters. The number of hydrogen-bond acceptors (Lipinski definition) is 3. The first kappa shape index (κ1) is 16.0. The Bertz CT molecular complexity index is 316. The lowest BCUT2D eigenvalue weighted by molar-refractivity contribution is 0.149. The molecule has 1 aliphatic heterocycles. The minimum atomic E-state index is 0.156. The molecule has 0 bridgehead atoms. The summed E-state index contributed by atoms with van der Waals surface area (Å²) in [4.78, 5) is 15.6. The lowest BCUT2D eigenvalue weighted by atomic mass is 9.93. The normalized spacial score (nSPS) is 28.4. The fraction of sp³-hybridized carbons (Fsp3) is 0.933. The van der Waals surface area contributed by atoms with Crippen LogP contribution in [-0.2, 0) is 0 Å². The van der Waals surface area contributed by atoms with Crippen molar-refractivity contribution < 1.29 is 4.79 Å². The summed E-state index contributed by atoms with van der Waals surface area (Å²) in [5, 5.41) is 4.66. The number of likely N-dealkylation sites (tertiary alicyclic amines) is 1. The highest BCUT2D eigenvalue weighted by molar-refractivity contribution is 7.99. The van der Waals surface area contributed by atoms with Crippen LogP contribution < -0.4 is 5.32 Å². The van der Waals surface area contributed by atoms with E-state index in [9.17, 15) is 4.79 Å². The van der Waals surface area contributed by atoms with E-state index in [0.29, 0.717) is 12.1 Å². The third-order valence-electron chi connectivity index (χ3n) is 4.60. The molecule has 2 fully saturated rings. The zero-order valence-electron chi connectivity index (χ0n) is 13.1. The molecule has 1 saturated carbocycles. The second-order valence-corrected chi connectivity index (χ2v) is 7.35. The smallest absolute Gasteiger partial charge is 0.319 e. The summed E-state index contributed by atoms with van der Waals surface area (Å²) < 4.78 is 0. The minimum Gasteiger partial charge on any atom is -0.331 e. The van der Waals surface area contributed by atoms with Crippen LogP contribution in [0.15, 0.2) is 0 Å². The van der Waals surface area contributed by atoms with Crippen molar-refractivity contribution >= 4 is 17.8 Å². The summed E-state index contributed by atoms with van der Waals surface area (Å²) in [5.41, 5.74) is 0. The molecule has 2 rings (SSSR count). The van der Waals surface area contributed by atoms with E-state index in [-0.39, 0.29) is 6.03 Å². The maximum atomic E-state index is 11.9. The van der Waals surface area contributed by atoms with Crippen molar-refractivity contribution in [2.75, 3.05) is 33.4 Å². The van der Waals surface area contributed by atoms with Crippen LogP contribution >= 0.6 is 11.8 Å². The molecule has 20 heavy (non-hydrogen) atoms. The number of thioether (sulfide) groups is 1. The molecular weight excluding hydrogens is 270 g/mol. The van der Waals surface area contributed by atoms with Crippen molar-refractivity contribution in [1.29, 1.82) is 0 Å². The van der Waals surface area contributed by atoms with Gasteiger partial charge in [0, 0.05) is 44.5 Å². The predicted molar refractivity (Wildman–Crippen MR) is 86.4 cm³/mol. The molecule has 0 spiro atoms. The van der Waals surface area contributed by atoms with Crippen molar-refractivity contribution in [3.63, 3.8) is 0 Å². The fourth-order valence-corrected chi connectivity index (χ4v) is 4.34. The summed E-state index contributed by atoms with van der Waals surface area (Å²) in [5.74, 6) is 0. The molecule has 5 heteroatoms. The molecule has 4 nitrogen and oxygen atoms in total.